The average Bonchev–Trinajstić information content (AvgIpc) is 3.04. The minimum atomic E-state index is -0.891. The fraction of sp³-hybridized carbons (Fsp3) is 0.579. The van der Waals surface area contributed by atoms with Crippen LogP contribution in [0, 0.1) is 5.41 Å². The highest BCUT2D eigenvalue weighted by atomic mass is 35.5. The number of benzene rings is 2. The maximum absolute atomic E-state index is 13.7. The number of ketones is 1. The Hall–Kier alpha value is -2.90. The molecule has 0 aliphatic heterocycles. The van der Waals surface area contributed by atoms with Crippen molar-refractivity contribution in [2.24, 2.45) is 10.4 Å². The van der Waals surface area contributed by atoms with Crippen molar-refractivity contribution in [2.75, 3.05) is 29.9 Å². The van der Waals surface area contributed by atoms with Crippen LogP contribution in [0.25, 0.3) is 0 Å². The van der Waals surface area contributed by atoms with E-state index in [0.29, 0.717) is 12.1 Å². The number of amides is 1. The number of ether oxygens (including phenoxy) is 1. The number of unbranched alkanes of at least 4 members (excludes halogenated alkanes) is 9. The number of esters is 1. The van der Waals surface area contributed by atoms with E-state index in [9.17, 15) is 14.4 Å². The molecule has 0 fully saturated rings. The molecular weight excluding hydrogens is 633 g/mol. The highest BCUT2D eigenvalue weighted by Crippen LogP contribution is 2.34. The quantitative estimate of drug-likeness (QED) is 0.0647. The molecular formula is C38H55Cl2N3O4. The van der Waals surface area contributed by atoms with Crippen LogP contribution in [0.3, 0.4) is 0 Å². The van der Waals surface area contributed by atoms with E-state index in [0.717, 1.165) is 43.6 Å². The summed E-state index contributed by atoms with van der Waals surface area (Å²) in [6.07, 6.45) is 12.4. The third-order valence-corrected chi connectivity index (χ3v) is 8.90. The van der Waals surface area contributed by atoms with Gasteiger partial charge in [0.2, 0.25) is 0 Å². The van der Waals surface area contributed by atoms with E-state index < -0.39 is 23.1 Å². The topological polar surface area (TPSA) is 88.1 Å². The van der Waals surface area contributed by atoms with Crippen LogP contribution in [0.1, 0.15) is 129 Å². The van der Waals surface area contributed by atoms with E-state index in [-0.39, 0.29) is 33.6 Å². The van der Waals surface area contributed by atoms with Crippen LogP contribution in [0.15, 0.2) is 35.3 Å². The van der Waals surface area contributed by atoms with Gasteiger partial charge in [0.15, 0.2) is 11.5 Å². The summed E-state index contributed by atoms with van der Waals surface area (Å²) in [6, 6.07) is 8.77. The standard InChI is InChI=1S/C38H55Cl2N3O4/c1-8-12-13-14-15-16-17-18-19-20-25-47-37(46)29-22-23-30(39)33(32(29)40)42-36(45)34(35(44)38(5,6)7)41-31-24-21-28(26-27(31)9-2)43(10-3)11-4/h21-24,26H,8-20,25H2,1-7H3,(H,42,45). The summed E-state index contributed by atoms with van der Waals surface area (Å²) in [5, 5.41) is 2.74. The van der Waals surface area contributed by atoms with Gasteiger partial charge in [-0.1, -0.05) is 116 Å². The zero-order valence-electron chi connectivity index (χ0n) is 29.6. The zero-order chi connectivity index (χ0) is 35.0. The minimum absolute atomic E-state index is 0.0220. The molecule has 2 rings (SSSR count). The molecule has 1 amide bonds. The van der Waals surface area contributed by atoms with E-state index >= 15 is 0 Å². The maximum Gasteiger partial charge on any atom is 0.339 e. The molecule has 7 nitrogen and oxygen atoms in total. The Morgan fingerprint density at radius 1 is 0.830 bits per heavy atom. The Morgan fingerprint density at radius 3 is 1.98 bits per heavy atom. The second-order valence-electron chi connectivity index (χ2n) is 12.9. The lowest BCUT2D eigenvalue weighted by Gasteiger charge is -2.22. The molecule has 0 aliphatic rings. The normalized spacial score (nSPS) is 11.8. The smallest absolute Gasteiger partial charge is 0.339 e. The first kappa shape index (κ1) is 40.3. The van der Waals surface area contributed by atoms with Crippen LogP contribution in [-0.4, -0.2) is 43.1 Å². The van der Waals surface area contributed by atoms with Gasteiger partial charge >= 0.3 is 5.97 Å². The summed E-state index contributed by atoms with van der Waals surface area (Å²) in [6.45, 7) is 15.6. The molecule has 260 valence electrons. The molecule has 0 bridgehead atoms. The Bertz CT molecular complexity index is 1360. The molecule has 0 aliphatic carbocycles. The summed E-state index contributed by atoms with van der Waals surface area (Å²) >= 11 is 13.1. The Labute approximate surface area is 292 Å². The number of nitrogens with zero attached hydrogens (tertiary/aromatic N) is 2. The number of Topliss-reactive ketones (excluding diaryl/α,β-unsaturated/α-hetero) is 1. The average molecular weight is 689 g/mol. The van der Waals surface area contributed by atoms with Crippen LogP contribution in [0.5, 0.6) is 0 Å². The van der Waals surface area contributed by atoms with Crippen molar-refractivity contribution >= 4 is 63.6 Å². The van der Waals surface area contributed by atoms with Crippen LogP contribution >= 0.6 is 23.2 Å². The Balaban J connectivity index is 2.19. The predicted octanol–water partition coefficient (Wildman–Crippen LogP) is 10.8. The van der Waals surface area contributed by atoms with Crippen molar-refractivity contribution in [3.05, 3.63) is 51.5 Å². The van der Waals surface area contributed by atoms with Crippen molar-refractivity contribution in [1.82, 2.24) is 0 Å². The largest absolute Gasteiger partial charge is 0.462 e. The zero-order valence-corrected chi connectivity index (χ0v) is 31.1. The third kappa shape index (κ3) is 12.6. The third-order valence-electron chi connectivity index (χ3n) is 8.20. The molecule has 9 heteroatoms. The van der Waals surface area contributed by atoms with Crippen molar-refractivity contribution in [2.45, 2.75) is 119 Å². The van der Waals surface area contributed by atoms with E-state index in [1.54, 1.807) is 20.8 Å². The molecule has 0 aromatic heterocycles. The lowest BCUT2D eigenvalue weighted by Crippen LogP contribution is -2.37. The SMILES string of the molecule is CCCCCCCCCCCCOC(=O)c1ccc(Cl)c(NC(=O)C(=Nc2ccc(N(CC)CC)cc2CC)C(=O)C(C)(C)C)c1Cl. The van der Waals surface area contributed by atoms with Gasteiger partial charge in [0.25, 0.3) is 5.91 Å². The molecule has 2 aromatic carbocycles. The molecule has 1 N–H and O–H groups in total. The number of nitrogens with one attached hydrogen (secondary N) is 1. The number of aryl methyl sites for hydroxylation is 1. The van der Waals surface area contributed by atoms with Gasteiger partial charge in [-0.25, -0.2) is 9.79 Å². The monoisotopic (exact) mass is 687 g/mol. The van der Waals surface area contributed by atoms with E-state index in [2.05, 4.69) is 36.0 Å². The van der Waals surface area contributed by atoms with Crippen LogP contribution in [0.4, 0.5) is 17.1 Å². The molecule has 0 saturated heterocycles. The second kappa shape index (κ2) is 20.5. The fourth-order valence-corrected chi connectivity index (χ4v) is 5.80. The summed E-state index contributed by atoms with van der Waals surface area (Å²) in [5.74, 6) is -1.80. The van der Waals surface area contributed by atoms with Crippen molar-refractivity contribution < 1.29 is 19.1 Å². The number of carbonyl (C=O) groups excluding carboxylic acids is 3. The summed E-state index contributed by atoms with van der Waals surface area (Å²) in [5.41, 5.74) is 1.43. The van der Waals surface area contributed by atoms with Crippen LogP contribution in [-0.2, 0) is 20.7 Å². The summed E-state index contributed by atoms with van der Waals surface area (Å²) in [4.78, 5) is 47.1. The predicted molar refractivity (Wildman–Crippen MR) is 198 cm³/mol. The Morgan fingerprint density at radius 2 is 1.43 bits per heavy atom. The first-order valence-corrected chi connectivity index (χ1v) is 18.1. The molecule has 0 radical (unpaired) electrons. The van der Waals surface area contributed by atoms with Gasteiger partial charge in [-0.05, 0) is 62.6 Å². The number of anilines is 2. The minimum Gasteiger partial charge on any atom is -0.462 e. The second-order valence-corrected chi connectivity index (χ2v) is 13.7. The molecule has 0 atom stereocenters. The lowest BCUT2D eigenvalue weighted by molar-refractivity contribution is -0.121. The van der Waals surface area contributed by atoms with E-state index in [1.165, 1.54) is 57.1 Å². The van der Waals surface area contributed by atoms with Crippen molar-refractivity contribution in [1.29, 1.82) is 0 Å². The number of hydrogen-bond donors (Lipinski definition) is 1. The Kier molecular flexibility index (Phi) is 17.5. The molecule has 2 aromatic rings. The van der Waals surface area contributed by atoms with Gasteiger partial charge < -0.3 is 15.0 Å². The van der Waals surface area contributed by atoms with Gasteiger partial charge in [0.05, 0.1) is 33.6 Å². The molecule has 47 heavy (non-hydrogen) atoms. The first-order valence-electron chi connectivity index (χ1n) is 17.4. The molecule has 0 unspecified atom stereocenters. The van der Waals surface area contributed by atoms with Gasteiger partial charge in [-0.15, -0.1) is 0 Å². The molecule has 0 saturated carbocycles. The first-order chi connectivity index (χ1) is 22.4. The van der Waals surface area contributed by atoms with Gasteiger partial charge in [-0.3, -0.25) is 9.59 Å². The highest BCUT2D eigenvalue weighted by Gasteiger charge is 2.32. The fourth-order valence-electron chi connectivity index (χ4n) is 5.26. The summed E-state index contributed by atoms with van der Waals surface area (Å²) < 4.78 is 5.50. The van der Waals surface area contributed by atoms with Gasteiger partial charge in [0.1, 0.15) is 0 Å². The number of hydrogen-bond acceptors (Lipinski definition) is 6. The number of carbonyl (C=O) groups is 3. The van der Waals surface area contributed by atoms with Gasteiger partial charge in [0, 0.05) is 24.2 Å². The highest BCUT2D eigenvalue weighted by molar-refractivity contribution is 6.69. The van der Waals surface area contributed by atoms with Crippen molar-refractivity contribution in [3.8, 4) is 0 Å². The maximum atomic E-state index is 13.7. The lowest BCUT2D eigenvalue weighted by atomic mass is 9.87. The number of halogens is 2. The summed E-state index contributed by atoms with van der Waals surface area (Å²) in [7, 11) is 0. The molecule has 0 heterocycles. The van der Waals surface area contributed by atoms with E-state index in [1.807, 2.05) is 25.1 Å². The van der Waals surface area contributed by atoms with Crippen LogP contribution < -0.4 is 10.2 Å². The molecule has 0 spiro atoms. The van der Waals surface area contributed by atoms with Gasteiger partial charge in [-0.2, -0.15) is 0 Å². The number of aliphatic imine (C=N–C) groups is 1. The van der Waals surface area contributed by atoms with E-state index in [4.69, 9.17) is 27.9 Å². The number of rotatable bonds is 20. The van der Waals surface area contributed by atoms with Crippen LogP contribution in [0.2, 0.25) is 10.0 Å². The van der Waals surface area contributed by atoms with Crippen molar-refractivity contribution in [3.63, 3.8) is 0 Å².